The third-order valence-corrected chi connectivity index (χ3v) is 8.97. The second-order valence-corrected chi connectivity index (χ2v) is 11.9. The number of aryl methyl sites for hydroxylation is 1. The molecule has 0 aromatic carbocycles. The molecule has 11 nitrogen and oxygen atoms in total. The van der Waals surface area contributed by atoms with Crippen molar-refractivity contribution in [2.45, 2.75) is 76.4 Å². The summed E-state index contributed by atoms with van der Waals surface area (Å²) in [6.45, 7) is 1.57. The molecule has 2 fully saturated rings. The number of alkyl halides is 5. The first-order valence-electron chi connectivity index (χ1n) is 14.1. The van der Waals surface area contributed by atoms with E-state index in [1.165, 1.54) is 33.7 Å². The van der Waals surface area contributed by atoms with Crippen LogP contribution in [-0.2, 0) is 17.8 Å². The summed E-state index contributed by atoms with van der Waals surface area (Å²) < 4.78 is 71.4. The van der Waals surface area contributed by atoms with Gasteiger partial charge in [0.25, 0.3) is 5.91 Å². The number of aromatic nitrogens is 5. The van der Waals surface area contributed by atoms with Crippen molar-refractivity contribution < 1.29 is 41.8 Å². The fourth-order valence-corrected chi connectivity index (χ4v) is 6.30. The first-order chi connectivity index (χ1) is 20.6. The highest BCUT2D eigenvalue weighted by Crippen LogP contribution is 2.44. The van der Waals surface area contributed by atoms with E-state index in [4.69, 9.17) is 11.6 Å². The van der Waals surface area contributed by atoms with Gasteiger partial charge in [-0.1, -0.05) is 11.6 Å². The summed E-state index contributed by atoms with van der Waals surface area (Å²) in [5.41, 5.74) is -1.67. The van der Waals surface area contributed by atoms with Crippen molar-refractivity contribution >= 4 is 29.1 Å². The van der Waals surface area contributed by atoms with Crippen molar-refractivity contribution in [2.24, 2.45) is 17.3 Å². The summed E-state index contributed by atoms with van der Waals surface area (Å²) in [6, 6.07) is 2.05. The van der Waals surface area contributed by atoms with Gasteiger partial charge in [0.15, 0.2) is 5.65 Å². The zero-order valence-corrected chi connectivity index (χ0v) is 24.2. The van der Waals surface area contributed by atoms with Crippen LogP contribution in [0.15, 0.2) is 24.5 Å². The van der Waals surface area contributed by atoms with Gasteiger partial charge in [-0.15, -0.1) is 0 Å². The summed E-state index contributed by atoms with van der Waals surface area (Å²) in [4.78, 5) is 30.1. The minimum Gasteiger partial charge on any atom is -0.481 e. The van der Waals surface area contributed by atoms with Crippen molar-refractivity contribution in [3.05, 3.63) is 46.6 Å². The average molecular weight is 648 g/mol. The second kappa shape index (κ2) is 11.9. The molecule has 1 aliphatic carbocycles. The second-order valence-electron chi connectivity index (χ2n) is 11.5. The van der Waals surface area contributed by atoms with E-state index in [-0.39, 0.29) is 53.4 Å². The molecule has 1 saturated carbocycles. The molecule has 4 N–H and O–H groups in total. The number of hydrogen-bond donors (Lipinski definition) is 4. The maximum atomic E-state index is 14.0. The predicted molar refractivity (Wildman–Crippen MR) is 145 cm³/mol. The average Bonchev–Trinajstić information content (AvgIpc) is 3.59. The number of nitrogens with one attached hydrogen (secondary N) is 2. The van der Waals surface area contributed by atoms with E-state index in [0.29, 0.717) is 6.54 Å². The first-order valence-corrected chi connectivity index (χ1v) is 14.5. The maximum absolute atomic E-state index is 14.0. The Labute approximate surface area is 252 Å². The van der Waals surface area contributed by atoms with E-state index in [9.17, 15) is 41.8 Å². The maximum Gasteiger partial charge on any atom is 0.393 e. The van der Waals surface area contributed by atoms with E-state index in [2.05, 4.69) is 25.8 Å². The quantitative estimate of drug-likeness (QED) is 0.269. The minimum atomic E-state index is -4.70. The van der Waals surface area contributed by atoms with Crippen LogP contribution in [0.4, 0.5) is 22.0 Å². The number of rotatable bonds is 8. The number of halogens is 6. The largest absolute Gasteiger partial charge is 0.481 e. The third-order valence-electron chi connectivity index (χ3n) is 8.64. The zero-order valence-electron chi connectivity index (χ0n) is 23.5. The number of amides is 1. The number of aliphatic carboxylic acids is 1. The van der Waals surface area contributed by atoms with E-state index < -0.39 is 72.9 Å². The number of aliphatic hydroxyl groups is 1. The Morgan fingerprint density at radius 2 is 1.98 bits per heavy atom. The topological polar surface area (TPSA) is 147 Å². The van der Waals surface area contributed by atoms with Crippen LogP contribution >= 0.6 is 11.6 Å². The lowest BCUT2D eigenvalue weighted by Gasteiger charge is -2.42. The first kappa shape index (κ1) is 32.0. The zero-order chi connectivity index (χ0) is 32.0. The third kappa shape index (κ3) is 6.24. The Bertz CT molecular complexity index is 1540. The van der Waals surface area contributed by atoms with Gasteiger partial charge >= 0.3 is 12.1 Å². The van der Waals surface area contributed by atoms with Crippen molar-refractivity contribution in [1.82, 2.24) is 35.0 Å². The molecule has 17 heteroatoms. The normalized spacial score (nSPS) is 25.2. The van der Waals surface area contributed by atoms with Crippen LogP contribution in [0, 0.1) is 17.3 Å². The molecule has 1 amide bonds. The van der Waals surface area contributed by atoms with Crippen LogP contribution in [0.1, 0.15) is 66.9 Å². The summed E-state index contributed by atoms with van der Waals surface area (Å²) in [5.74, 6) is -7.40. The predicted octanol–water partition coefficient (Wildman–Crippen LogP) is 4.00. The molecule has 3 aromatic heterocycles. The molecule has 0 radical (unpaired) electrons. The van der Waals surface area contributed by atoms with Gasteiger partial charge in [0.1, 0.15) is 17.3 Å². The number of carbonyl (C=O) groups excluding carboxylic acids is 1. The van der Waals surface area contributed by atoms with Gasteiger partial charge in [-0.05, 0) is 38.2 Å². The molecule has 2 aliphatic rings. The molecule has 4 atom stereocenters. The monoisotopic (exact) mass is 647 g/mol. The lowest BCUT2D eigenvalue weighted by Crippen LogP contribution is -2.60. The fraction of sp³-hybridized carbons (Fsp3) is 0.593. The Balaban J connectivity index is 1.49. The Morgan fingerprint density at radius 3 is 2.61 bits per heavy atom. The number of aliphatic hydroxyl groups excluding tert-OH is 1. The number of carboxylic acids is 1. The van der Waals surface area contributed by atoms with Crippen molar-refractivity contribution in [3.8, 4) is 0 Å². The highest BCUT2D eigenvalue weighted by atomic mass is 35.5. The highest BCUT2D eigenvalue weighted by Gasteiger charge is 2.56. The summed E-state index contributed by atoms with van der Waals surface area (Å²) in [6.07, 6.45) is -5.69. The molecule has 4 heterocycles. The van der Waals surface area contributed by atoms with Crippen LogP contribution in [0.5, 0.6) is 0 Å². The van der Waals surface area contributed by atoms with Crippen molar-refractivity contribution in [3.63, 3.8) is 0 Å². The summed E-state index contributed by atoms with van der Waals surface area (Å²) in [7, 11) is 0. The number of carbonyl (C=O) groups is 2. The van der Waals surface area contributed by atoms with Crippen LogP contribution in [0.3, 0.4) is 0 Å². The number of nitrogens with zero attached hydrogens (tertiary/aromatic N) is 5. The molecule has 1 saturated heterocycles. The Hall–Kier alpha value is -3.37. The molecule has 1 unspecified atom stereocenters. The van der Waals surface area contributed by atoms with E-state index in [1.54, 1.807) is 6.92 Å². The summed E-state index contributed by atoms with van der Waals surface area (Å²) in [5, 5.41) is 34.0. The number of hydrogen-bond acceptors (Lipinski definition) is 7. The number of imidazole rings is 1. The van der Waals surface area contributed by atoms with Gasteiger partial charge in [-0.3, -0.25) is 19.6 Å². The van der Waals surface area contributed by atoms with E-state index in [1.807, 2.05) is 0 Å². The van der Waals surface area contributed by atoms with Crippen LogP contribution in [-0.4, -0.2) is 71.3 Å². The standard InChI is InChI=1S/C27H31ClF5N7O4/c1-2-39-19(5-8-35-39)22(41)37-21(14-3-6-26(29,30)7-4-14)18-13-40-20(36-18)9-16(28)17(38-40)11-25(24(43)44)10-15(27(31,32)33)12-34-23(25)42/h5,8-9,13-15,21,23,34,42H,2-4,6-7,10-12H2,1H3,(H,37,41)(H,43,44)/t15-,21+,23?,25+/m1/s1. The minimum absolute atomic E-state index is 0.0960. The molecule has 5 rings (SSSR count). The van der Waals surface area contributed by atoms with Gasteiger partial charge in [0.05, 0.1) is 34.6 Å². The number of carboxylic acid groups (broad SMARTS) is 1. The van der Waals surface area contributed by atoms with Gasteiger partial charge < -0.3 is 15.5 Å². The molecule has 0 spiro atoms. The van der Waals surface area contributed by atoms with E-state index in [0.717, 1.165) is 0 Å². The number of fused-ring (bicyclic) bond motifs is 1. The van der Waals surface area contributed by atoms with Gasteiger partial charge in [0, 0.05) is 44.6 Å². The molecular weight excluding hydrogens is 617 g/mol. The van der Waals surface area contributed by atoms with E-state index >= 15 is 0 Å². The Kier molecular flexibility index (Phi) is 8.63. The van der Waals surface area contributed by atoms with Crippen LogP contribution in [0.2, 0.25) is 5.02 Å². The lowest BCUT2D eigenvalue weighted by atomic mass is 9.71. The molecular formula is C27H31ClF5N7O4. The lowest BCUT2D eigenvalue weighted by molar-refractivity contribution is -0.207. The smallest absolute Gasteiger partial charge is 0.393 e. The van der Waals surface area contributed by atoms with Crippen molar-refractivity contribution in [1.29, 1.82) is 0 Å². The molecule has 240 valence electrons. The fourth-order valence-electron chi connectivity index (χ4n) is 6.10. The SMILES string of the molecule is CCn1nccc1C(=O)N[C@H](c1cn2nc(C[C@@]3(C(=O)O)C[C@@H](C(F)(F)F)CNC3O)c(Cl)cc2n1)C1CCC(F)(F)CC1. The highest BCUT2D eigenvalue weighted by molar-refractivity contribution is 6.31. The van der Waals surface area contributed by atoms with Gasteiger partial charge in [-0.2, -0.15) is 23.4 Å². The molecule has 44 heavy (non-hydrogen) atoms. The van der Waals surface area contributed by atoms with Gasteiger partial charge in [-0.25, -0.2) is 18.3 Å². The number of piperidine rings is 1. The Morgan fingerprint density at radius 1 is 1.27 bits per heavy atom. The summed E-state index contributed by atoms with van der Waals surface area (Å²) >= 11 is 6.42. The van der Waals surface area contributed by atoms with Crippen LogP contribution < -0.4 is 10.6 Å². The van der Waals surface area contributed by atoms with Crippen molar-refractivity contribution in [2.75, 3.05) is 6.54 Å². The van der Waals surface area contributed by atoms with Crippen LogP contribution in [0.25, 0.3) is 5.65 Å². The molecule has 0 bridgehead atoms. The molecule has 1 aliphatic heterocycles. The van der Waals surface area contributed by atoms with Gasteiger partial charge in [0.2, 0.25) is 5.92 Å². The molecule has 3 aromatic rings.